The van der Waals surface area contributed by atoms with Crippen molar-refractivity contribution >= 4 is 33.9 Å². The van der Waals surface area contributed by atoms with E-state index in [2.05, 4.69) is 18.3 Å². The number of fused-ring (bicyclic) bond motifs is 1. The molecule has 0 radical (unpaired) electrons. The molecule has 1 N–H and O–H groups in total. The summed E-state index contributed by atoms with van der Waals surface area (Å²) in [6.07, 6.45) is 4.87. The van der Waals surface area contributed by atoms with Gasteiger partial charge < -0.3 is 10.2 Å². The van der Waals surface area contributed by atoms with Crippen molar-refractivity contribution < 1.29 is 13.4 Å². The molecule has 33 heavy (non-hydrogen) atoms. The lowest BCUT2D eigenvalue weighted by atomic mass is 10.0. The van der Waals surface area contributed by atoms with Gasteiger partial charge in [-0.1, -0.05) is 25.1 Å². The van der Waals surface area contributed by atoms with Crippen LogP contribution in [0, 0.1) is 5.82 Å². The van der Waals surface area contributed by atoms with Crippen LogP contribution in [0.2, 0.25) is 0 Å². The van der Waals surface area contributed by atoms with E-state index in [1.54, 1.807) is 12.3 Å². The van der Waals surface area contributed by atoms with E-state index in [0.29, 0.717) is 13.1 Å². The van der Waals surface area contributed by atoms with Gasteiger partial charge in [0.05, 0.1) is 6.42 Å². The standard InChI is InChI=1S/C27H33FN2O2S/c1-5-29-14-7-15-30(6-2)27(31)18-25-19(3)24(23-13-10-21(28)17-26(23)25)16-20-8-11-22(12-9-20)33(4)32/h8-13,16-17,29H,5-7,14-15,18H2,1-4H3/b24-16-. The Labute approximate surface area is 199 Å². The minimum atomic E-state index is -1.03. The van der Waals surface area contributed by atoms with Crippen molar-refractivity contribution in [3.05, 3.63) is 70.5 Å². The molecule has 1 unspecified atom stereocenters. The SMILES string of the molecule is CCNCCCN(CC)C(=O)CC1=C(C)/C(=C/c2ccc(S(C)=O)cc2)c2ccc(F)cc21. The highest BCUT2D eigenvalue weighted by Gasteiger charge is 2.27. The Kier molecular flexibility index (Phi) is 8.75. The zero-order chi connectivity index (χ0) is 24.0. The van der Waals surface area contributed by atoms with Gasteiger partial charge in [0.2, 0.25) is 5.91 Å². The van der Waals surface area contributed by atoms with Crippen LogP contribution in [-0.4, -0.2) is 47.5 Å². The molecule has 0 fully saturated rings. The summed E-state index contributed by atoms with van der Waals surface area (Å²) in [6, 6.07) is 12.4. The van der Waals surface area contributed by atoms with Gasteiger partial charge in [-0.15, -0.1) is 0 Å². The fourth-order valence-corrected chi connectivity index (χ4v) is 4.72. The summed E-state index contributed by atoms with van der Waals surface area (Å²) in [7, 11) is -1.03. The fraction of sp³-hybridized carbons (Fsp3) is 0.370. The Hall–Kier alpha value is -2.57. The van der Waals surface area contributed by atoms with Gasteiger partial charge in [-0.25, -0.2) is 4.39 Å². The summed E-state index contributed by atoms with van der Waals surface area (Å²) < 4.78 is 25.9. The topological polar surface area (TPSA) is 49.4 Å². The van der Waals surface area contributed by atoms with E-state index >= 15 is 0 Å². The maximum Gasteiger partial charge on any atom is 0.227 e. The first-order valence-corrected chi connectivity index (χ1v) is 13.1. The third kappa shape index (κ3) is 6.06. The Morgan fingerprint density at radius 2 is 1.85 bits per heavy atom. The average molecular weight is 469 g/mol. The van der Waals surface area contributed by atoms with Crippen molar-refractivity contribution in [2.24, 2.45) is 0 Å². The first-order chi connectivity index (χ1) is 15.8. The number of benzene rings is 2. The lowest BCUT2D eigenvalue weighted by molar-refractivity contribution is -0.129. The number of allylic oxidation sites excluding steroid dienone is 2. The molecule has 1 aliphatic carbocycles. The van der Waals surface area contributed by atoms with Gasteiger partial charge in [0.1, 0.15) is 5.82 Å². The summed E-state index contributed by atoms with van der Waals surface area (Å²) in [5.74, 6) is -0.241. The highest BCUT2D eigenvalue weighted by Crippen LogP contribution is 2.44. The molecule has 1 amide bonds. The van der Waals surface area contributed by atoms with Crippen LogP contribution in [0.4, 0.5) is 4.39 Å². The number of carbonyl (C=O) groups excluding carboxylic acids is 1. The van der Waals surface area contributed by atoms with Crippen LogP contribution < -0.4 is 5.32 Å². The van der Waals surface area contributed by atoms with Crippen molar-refractivity contribution in [2.45, 2.75) is 38.5 Å². The maximum absolute atomic E-state index is 14.2. The number of nitrogens with zero attached hydrogens (tertiary/aromatic N) is 1. The highest BCUT2D eigenvalue weighted by atomic mass is 32.2. The van der Waals surface area contributed by atoms with Gasteiger partial charge in [0.25, 0.3) is 0 Å². The van der Waals surface area contributed by atoms with Crippen LogP contribution in [0.1, 0.15) is 50.3 Å². The summed E-state index contributed by atoms with van der Waals surface area (Å²) >= 11 is 0. The van der Waals surface area contributed by atoms with Crippen LogP contribution in [0.25, 0.3) is 17.2 Å². The molecule has 1 atom stereocenters. The monoisotopic (exact) mass is 468 g/mol. The number of rotatable bonds is 10. The lowest BCUT2D eigenvalue weighted by Crippen LogP contribution is -2.33. The average Bonchev–Trinajstić information content (AvgIpc) is 3.04. The van der Waals surface area contributed by atoms with Crippen LogP contribution in [-0.2, 0) is 15.6 Å². The predicted octanol–water partition coefficient (Wildman–Crippen LogP) is 5.13. The number of amides is 1. The molecule has 176 valence electrons. The number of hydrogen-bond donors (Lipinski definition) is 1. The van der Waals surface area contributed by atoms with Crippen LogP contribution in [0.3, 0.4) is 0 Å². The van der Waals surface area contributed by atoms with Gasteiger partial charge in [-0.05, 0) is 97.1 Å². The number of nitrogens with one attached hydrogen (secondary N) is 1. The van der Waals surface area contributed by atoms with Gasteiger partial charge >= 0.3 is 0 Å². The smallest absolute Gasteiger partial charge is 0.227 e. The second-order valence-corrected chi connectivity index (χ2v) is 9.61. The van der Waals surface area contributed by atoms with E-state index in [1.165, 1.54) is 12.1 Å². The third-order valence-corrected chi connectivity index (χ3v) is 7.01. The van der Waals surface area contributed by atoms with E-state index in [4.69, 9.17) is 0 Å². The molecule has 0 saturated heterocycles. The molecule has 4 nitrogen and oxygen atoms in total. The molecular formula is C27H33FN2O2S. The van der Waals surface area contributed by atoms with Crippen LogP contribution >= 0.6 is 0 Å². The van der Waals surface area contributed by atoms with Crippen LogP contribution in [0.15, 0.2) is 52.9 Å². The Balaban J connectivity index is 1.90. The fourth-order valence-electron chi connectivity index (χ4n) is 4.20. The summed E-state index contributed by atoms with van der Waals surface area (Å²) in [5.41, 5.74) is 5.58. The normalized spacial score (nSPS) is 15.1. The minimum absolute atomic E-state index is 0.0644. The van der Waals surface area contributed by atoms with Gasteiger partial charge in [0.15, 0.2) is 0 Å². The Morgan fingerprint density at radius 3 is 2.48 bits per heavy atom. The van der Waals surface area contributed by atoms with Crippen LogP contribution in [0.5, 0.6) is 0 Å². The van der Waals surface area contributed by atoms with E-state index in [0.717, 1.165) is 57.8 Å². The Morgan fingerprint density at radius 1 is 1.12 bits per heavy atom. The van der Waals surface area contributed by atoms with Crippen molar-refractivity contribution in [2.75, 3.05) is 32.4 Å². The van der Waals surface area contributed by atoms with Gasteiger partial charge in [-0.3, -0.25) is 9.00 Å². The first kappa shape index (κ1) is 25.1. The molecule has 0 spiro atoms. The molecule has 0 aliphatic heterocycles. The zero-order valence-corrected chi connectivity index (χ0v) is 20.7. The molecule has 3 rings (SSSR count). The predicted molar refractivity (Wildman–Crippen MR) is 136 cm³/mol. The molecule has 6 heteroatoms. The van der Waals surface area contributed by atoms with E-state index in [1.807, 2.05) is 43.0 Å². The van der Waals surface area contributed by atoms with Crippen molar-refractivity contribution in [3.8, 4) is 0 Å². The van der Waals surface area contributed by atoms with Gasteiger partial charge in [-0.2, -0.15) is 0 Å². The van der Waals surface area contributed by atoms with Crippen molar-refractivity contribution in [3.63, 3.8) is 0 Å². The lowest BCUT2D eigenvalue weighted by Gasteiger charge is -2.21. The summed E-state index contributed by atoms with van der Waals surface area (Å²) in [5, 5.41) is 3.29. The molecule has 2 aromatic rings. The molecule has 2 aromatic carbocycles. The highest BCUT2D eigenvalue weighted by molar-refractivity contribution is 7.84. The minimum Gasteiger partial charge on any atom is -0.343 e. The second kappa shape index (κ2) is 11.5. The molecular weight excluding hydrogens is 435 g/mol. The molecule has 0 heterocycles. The summed E-state index contributed by atoms with van der Waals surface area (Å²) in [4.78, 5) is 15.8. The molecule has 1 aliphatic rings. The largest absolute Gasteiger partial charge is 0.343 e. The number of hydrogen-bond acceptors (Lipinski definition) is 3. The third-order valence-electron chi connectivity index (χ3n) is 6.07. The summed E-state index contributed by atoms with van der Waals surface area (Å²) in [6.45, 7) is 9.23. The Bertz CT molecular complexity index is 1090. The molecule has 0 aromatic heterocycles. The quantitative estimate of drug-likeness (QED) is 0.492. The first-order valence-electron chi connectivity index (χ1n) is 11.5. The van der Waals surface area contributed by atoms with E-state index in [-0.39, 0.29) is 18.1 Å². The van der Waals surface area contributed by atoms with Gasteiger partial charge in [0, 0.05) is 35.0 Å². The molecule has 0 saturated carbocycles. The van der Waals surface area contributed by atoms with Crippen molar-refractivity contribution in [1.29, 1.82) is 0 Å². The van der Waals surface area contributed by atoms with E-state index in [9.17, 15) is 13.4 Å². The zero-order valence-electron chi connectivity index (χ0n) is 19.9. The van der Waals surface area contributed by atoms with E-state index < -0.39 is 10.8 Å². The number of halogens is 1. The maximum atomic E-state index is 14.2. The second-order valence-electron chi connectivity index (χ2n) is 8.23. The molecule has 0 bridgehead atoms. The number of carbonyl (C=O) groups is 1. The van der Waals surface area contributed by atoms with Crippen molar-refractivity contribution in [1.82, 2.24) is 10.2 Å².